The van der Waals surface area contributed by atoms with Gasteiger partial charge in [-0.3, -0.25) is 0 Å². The van der Waals surface area contributed by atoms with E-state index in [-0.39, 0.29) is 5.82 Å². The molecule has 0 spiro atoms. The number of aryl methyl sites for hydroxylation is 2. The lowest BCUT2D eigenvalue weighted by atomic mass is 10.1. The number of hydrogen-bond acceptors (Lipinski definition) is 0. The third kappa shape index (κ3) is 7.12. The lowest BCUT2D eigenvalue weighted by Gasteiger charge is -2.00. The van der Waals surface area contributed by atoms with E-state index in [0.29, 0.717) is 0 Å². The molecule has 1 aromatic carbocycles. The van der Waals surface area contributed by atoms with E-state index in [4.69, 9.17) is 0 Å². The van der Waals surface area contributed by atoms with Crippen molar-refractivity contribution in [3.63, 3.8) is 0 Å². The van der Waals surface area contributed by atoms with Crippen molar-refractivity contribution in [1.82, 2.24) is 0 Å². The molecule has 0 radical (unpaired) electrons. The van der Waals surface area contributed by atoms with Crippen LogP contribution in [-0.4, -0.2) is 0 Å². The van der Waals surface area contributed by atoms with E-state index in [1.54, 1.807) is 6.07 Å². The molecule has 0 nitrogen and oxygen atoms in total. The maximum atomic E-state index is 13.0. The molecule has 1 heteroatoms. The highest BCUT2D eigenvalue weighted by Crippen LogP contribution is 2.11. The molecule has 0 unspecified atom stereocenters. The Kier molecular flexibility index (Phi) is 12.4. The van der Waals surface area contributed by atoms with E-state index < -0.39 is 0 Å². The van der Waals surface area contributed by atoms with Gasteiger partial charge in [0.05, 0.1) is 0 Å². The normalized spacial score (nSPS) is 8.20. The summed E-state index contributed by atoms with van der Waals surface area (Å²) in [5, 5.41) is 0. The van der Waals surface area contributed by atoms with Crippen LogP contribution in [0.2, 0.25) is 0 Å². The minimum Gasteiger partial charge on any atom is -0.207 e. The number of hydrogen-bond donors (Lipinski definition) is 0. The molecule has 0 saturated carbocycles. The SMILES string of the molecule is CC.CC.CCCc1ccc(C)cc1F. The molecule has 88 valence electrons. The van der Waals surface area contributed by atoms with Crippen molar-refractivity contribution >= 4 is 0 Å². The van der Waals surface area contributed by atoms with Crippen LogP contribution in [0.1, 0.15) is 52.2 Å². The Hall–Kier alpha value is -0.850. The van der Waals surface area contributed by atoms with Crippen LogP contribution in [0.25, 0.3) is 0 Å². The summed E-state index contributed by atoms with van der Waals surface area (Å²) < 4.78 is 13.0. The van der Waals surface area contributed by atoms with E-state index in [0.717, 1.165) is 24.0 Å². The zero-order valence-electron chi connectivity index (χ0n) is 11.0. The molecule has 1 aromatic rings. The van der Waals surface area contributed by atoms with E-state index in [2.05, 4.69) is 6.92 Å². The first-order valence-electron chi connectivity index (χ1n) is 5.99. The van der Waals surface area contributed by atoms with Crippen molar-refractivity contribution in [1.29, 1.82) is 0 Å². The second-order valence-electron chi connectivity index (χ2n) is 2.84. The van der Waals surface area contributed by atoms with Crippen LogP contribution in [-0.2, 0) is 6.42 Å². The molecule has 0 aliphatic carbocycles. The van der Waals surface area contributed by atoms with Gasteiger partial charge < -0.3 is 0 Å². The fraction of sp³-hybridized carbons (Fsp3) is 0.571. The van der Waals surface area contributed by atoms with Gasteiger partial charge in [-0.1, -0.05) is 53.2 Å². The van der Waals surface area contributed by atoms with Gasteiger partial charge in [-0.2, -0.15) is 0 Å². The molecule has 0 bridgehead atoms. The van der Waals surface area contributed by atoms with Crippen LogP contribution < -0.4 is 0 Å². The van der Waals surface area contributed by atoms with Gasteiger partial charge in [0, 0.05) is 0 Å². The quantitative estimate of drug-likeness (QED) is 0.637. The largest absolute Gasteiger partial charge is 0.207 e. The molecular formula is C14H25F. The van der Waals surface area contributed by atoms with E-state index in [9.17, 15) is 4.39 Å². The maximum absolute atomic E-state index is 13.0. The molecule has 0 fully saturated rings. The van der Waals surface area contributed by atoms with Gasteiger partial charge in [-0.05, 0) is 30.5 Å². The zero-order valence-corrected chi connectivity index (χ0v) is 11.0. The van der Waals surface area contributed by atoms with Crippen molar-refractivity contribution in [2.75, 3.05) is 0 Å². The Morgan fingerprint density at radius 1 is 1.07 bits per heavy atom. The van der Waals surface area contributed by atoms with Gasteiger partial charge >= 0.3 is 0 Å². The van der Waals surface area contributed by atoms with Crippen LogP contribution in [0.4, 0.5) is 4.39 Å². The number of halogens is 1. The second-order valence-corrected chi connectivity index (χ2v) is 2.84. The Labute approximate surface area is 94.5 Å². The first-order valence-corrected chi connectivity index (χ1v) is 5.99. The average molecular weight is 212 g/mol. The third-order valence-corrected chi connectivity index (χ3v) is 1.73. The number of rotatable bonds is 2. The highest BCUT2D eigenvalue weighted by atomic mass is 19.1. The first-order chi connectivity index (χ1) is 7.24. The summed E-state index contributed by atoms with van der Waals surface area (Å²) in [6, 6.07) is 5.41. The molecule has 1 rings (SSSR count). The summed E-state index contributed by atoms with van der Waals surface area (Å²) >= 11 is 0. The van der Waals surface area contributed by atoms with Gasteiger partial charge in [0.25, 0.3) is 0 Å². The third-order valence-electron chi connectivity index (χ3n) is 1.73. The fourth-order valence-electron chi connectivity index (χ4n) is 1.12. The molecule has 0 amide bonds. The lowest BCUT2D eigenvalue weighted by Crippen LogP contribution is -1.89. The van der Waals surface area contributed by atoms with E-state index in [1.807, 2.05) is 46.8 Å². The molecule has 0 aromatic heterocycles. The summed E-state index contributed by atoms with van der Waals surface area (Å²) in [5.74, 6) is -0.0631. The van der Waals surface area contributed by atoms with Crippen LogP contribution in [0.5, 0.6) is 0 Å². The van der Waals surface area contributed by atoms with Gasteiger partial charge in [0.2, 0.25) is 0 Å². The van der Waals surface area contributed by atoms with Crippen LogP contribution >= 0.6 is 0 Å². The molecule has 0 N–H and O–H groups in total. The van der Waals surface area contributed by atoms with Gasteiger partial charge in [0.1, 0.15) is 5.82 Å². The van der Waals surface area contributed by atoms with Gasteiger partial charge in [0.15, 0.2) is 0 Å². The van der Waals surface area contributed by atoms with Crippen molar-refractivity contribution in [3.8, 4) is 0 Å². The molecular weight excluding hydrogens is 187 g/mol. The smallest absolute Gasteiger partial charge is 0.126 e. The highest BCUT2D eigenvalue weighted by Gasteiger charge is 1.99. The monoisotopic (exact) mass is 212 g/mol. The topological polar surface area (TPSA) is 0 Å². The molecule has 0 atom stereocenters. The van der Waals surface area contributed by atoms with Crippen molar-refractivity contribution in [2.24, 2.45) is 0 Å². The molecule has 0 aliphatic rings. The summed E-state index contributed by atoms with van der Waals surface area (Å²) in [4.78, 5) is 0. The molecule has 0 saturated heterocycles. The number of benzene rings is 1. The van der Waals surface area contributed by atoms with Crippen LogP contribution in [0.15, 0.2) is 18.2 Å². The van der Waals surface area contributed by atoms with Crippen LogP contribution in [0, 0.1) is 12.7 Å². The Bertz CT molecular complexity index is 241. The van der Waals surface area contributed by atoms with E-state index >= 15 is 0 Å². The Morgan fingerprint density at radius 2 is 1.60 bits per heavy atom. The minimum absolute atomic E-state index is 0.0631. The maximum Gasteiger partial charge on any atom is 0.126 e. The van der Waals surface area contributed by atoms with Crippen molar-refractivity contribution in [3.05, 3.63) is 35.1 Å². The predicted octanol–water partition coefficient (Wildman–Crippen LogP) is 5.14. The van der Waals surface area contributed by atoms with Crippen molar-refractivity contribution < 1.29 is 4.39 Å². The van der Waals surface area contributed by atoms with Crippen LogP contribution in [0.3, 0.4) is 0 Å². The summed E-state index contributed by atoms with van der Waals surface area (Å²) in [6.07, 6.45) is 1.84. The standard InChI is InChI=1S/C10H13F.2C2H6/c1-3-4-9-6-5-8(2)7-10(9)11;2*1-2/h5-7H,3-4H2,1-2H3;2*1-2H3. The van der Waals surface area contributed by atoms with E-state index in [1.165, 1.54) is 0 Å². The molecule has 0 aliphatic heterocycles. The van der Waals surface area contributed by atoms with Crippen molar-refractivity contribution in [2.45, 2.75) is 54.4 Å². The van der Waals surface area contributed by atoms with Gasteiger partial charge in [-0.15, -0.1) is 0 Å². The zero-order chi connectivity index (χ0) is 12.3. The lowest BCUT2D eigenvalue weighted by molar-refractivity contribution is 0.606. The predicted molar refractivity (Wildman–Crippen MR) is 67.8 cm³/mol. The summed E-state index contributed by atoms with van der Waals surface area (Å²) in [5.41, 5.74) is 1.82. The Balaban J connectivity index is 0. The molecule has 15 heavy (non-hydrogen) atoms. The summed E-state index contributed by atoms with van der Waals surface area (Å²) in [7, 11) is 0. The fourth-order valence-corrected chi connectivity index (χ4v) is 1.12. The molecule has 0 heterocycles. The average Bonchev–Trinajstić information content (AvgIpc) is 2.28. The summed E-state index contributed by atoms with van der Waals surface area (Å²) in [6.45, 7) is 12.0. The van der Waals surface area contributed by atoms with Gasteiger partial charge in [-0.25, -0.2) is 4.39 Å². The highest BCUT2D eigenvalue weighted by molar-refractivity contribution is 5.23. The Morgan fingerprint density at radius 3 is 2.00 bits per heavy atom. The second kappa shape index (κ2) is 11.2. The first kappa shape index (κ1) is 16.6. The minimum atomic E-state index is -0.0631.